The van der Waals surface area contributed by atoms with Gasteiger partial charge < -0.3 is 16.0 Å². The van der Waals surface area contributed by atoms with E-state index < -0.39 is 11.8 Å². The van der Waals surface area contributed by atoms with Gasteiger partial charge in [-0.2, -0.15) is 5.26 Å². The van der Waals surface area contributed by atoms with E-state index in [4.69, 9.17) is 5.26 Å². The predicted molar refractivity (Wildman–Crippen MR) is 112 cm³/mol. The third kappa shape index (κ3) is 5.27. The van der Waals surface area contributed by atoms with Crippen molar-refractivity contribution in [2.45, 2.75) is 6.92 Å². The standard InChI is InChI=1S/C22H17N5O3/c1-14(28)25-19-6-3-7-20(10-19)27-22(30)17-9-16(12-24-13-17)21(29)26-18-5-2-4-15(8-18)11-23/h2-10,12-13H,1H3,(H,25,28)(H,26,29)(H,27,30). The number of hydrogen-bond donors (Lipinski definition) is 3. The second-order valence-electron chi connectivity index (χ2n) is 6.33. The van der Waals surface area contributed by atoms with Crippen LogP contribution in [0.3, 0.4) is 0 Å². The Morgan fingerprint density at radius 1 is 0.800 bits per heavy atom. The molecule has 3 aromatic rings. The highest BCUT2D eigenvalue weighted by atomic mass is 16.2. The normalized spacial score (nSPS) is 9.87. The number of carbonyl (C=O) groups excluding carboxylic acids is 3. The molecule has 1 aromatic heterocycles. The van der Waals surface area contributed by atoms with Gasteiger partial charge in [0.2, 0.25) is 5.91 Å². The summed E-state index contributed by atoms with van der Waals surface area (Å²) < 4.78 is 0. The molecule has 0 atom stereocenters. The third-order valence-electron chi connectivity index (χ3n) is 3.95. The van der Waals surface area contributed by atoms with Crippen LogP contribution in [0.1, 0.15) is 33.2 Å². The monoisotopic (exact) mass is 399 g/mol. The zero-order valence-corrected chi connectivity index (χ0v) is 16.0. The Bertz CT molecular complexity index is 1170. The lowest BCUT2D eigenvalue weighted by Gasteiger charge is -2.09. The third-order valence-corrected chi connectivity index (χ3v) is 3.95. The van der Waals surface area contributed by atoms with Gasteiger partial charge in [-0.05, 0) is 42.5 Å². The Morgan fingerprint density at radius 3 is 1.90 bits per heavy atom. The van der Waals surface area contributed by atoms with Gasteiger partial charge in [0, 0.05) is 36.4 Å². The van der Waals surface area contributed by atoms with Crippen molar-refractivity contribution in [3.8, 4) is 6.07 Å². The molecule has 0 fully saturated rings. The van der Waals surface area contributed by atoms with Crippen LogP contribution < -0.4 is 16.0 Å². The minimum atomic E-state index is -0.458. The molecule has 8 nitrogen and oxygen atoms in total. The van der Waals surface area contributed by atoms with E-state index in [1.54, 1.807) is 48.5 Å². The van der Waals surface area contributed by atoms with E-state index in [2.05, 4.69) is 20.9 Å². The topological polar surface area (TPSA) is 124 Å². The summed E-state index contributed by atoms with van der Waals surface area (Å²) in [5.74, 6) is -1.13. The van der Waals surface area contributed by atoms with Gasteiger partial charge in [0.25, 0.3) is 11.8 Å². The molecule has 8 heteroatoms. The highest BCUT2D eigenvalue weighted by Gasteiger charge is 2.12. The Kier molecular flexibility index (Phi) is 6.15. The number of amides is 3. The van der Waals surface area contributed by atoms with E-state index in [0.717, 1.165) is 0 Å². The molecule has 30 heavy (non-hydrogen) atoms. The fourth-order valence-electron chi connectivity index (χ4n) is 2.64. The Balaban J connectivity index is 1.73. The molecule has 0 saturated heterocycles. The summed E-state index contributed by atoms with van der Waals surface area (Å²) in [4.78, 5) is 40.2. The van der Waals surface area contributed by atoms with Crippen LogP contribution >= 0.6 is 0 Å². The van der Waals surface area contributed by atoms with Crippen molar-refractivity contribution in [1.82, 2.24) is 4.98 Å². The SMILES string of the molecule is CC(=O)Nc1cccc(NC(=O)c2cncc(C(=O)Nc3cccc(C#N)c3)c2)c1. The van der Waals surface area contributed by atoms with Gasteiger partial charge in [0.15, 0.2) is 0 Å². The average Bonchev–Trinajstić information content (AvgIpc) is 2.73. The molecule has 3 N–H and O–H groups in total. The quantitative estimate of drug-likeness (QED) is 0.606. The largest absolute Gasteiger partial charge is 0.326 e. The lowest BCUT2D eigenvalue weighted by atomic mass is 10.1. The lowest BCUT2D eigenvalue weighted by Crippen LogP contribution is -2.16. The molecule has 0 aliphatic rings. The number of rotatable bonds is 5. The molecule has 3 rings (SSSR count). The summed E-state index contributed by atoms with van der Waals surface area (Å²) >= 11 is 0. The fraction of sp³-hybridized carbons (Fsp3) is 0.0455. The van der Waals surface area contributed by atoms with Crippen LogP contribution in [-0.4, -0.2) is 22.7 Å². The Morgan fingerprint density at radius 2 is 1.33 bits per heavy atom. The van der Waals surface area contributed by atoms with Crippen molar-refractivity contribution in [2.75, 3.05) is 16.0 Å². The van der Waals surface area contributed by atoms with E-state index >= 15 is 0 Å². The molecule has 0 radical (unpaired) electrons. The van der Waals surface area contributed by atoms with Gasteiger partial charge >= 0.3 is 0 Å². The highest BCUT2D eigenvalue weighted by Crippen LogP contribution is 2.17. The molecular weight excluding hydrogens is 382 g/mol. The number of nitriles is 1. The number of aromatic nitrogens is 1. The van der Waals surface area contributed by atoms with Crippen LogP contribution in [-0.2, 0) is 4.79 Å². The van der Waals surface area contributed by atoms with Crippen molar-refractivity contribution >= 4 is 34.8 Å². The van der Waals surface area contributed by atoms with Gasteiger partial charge in [-0.25, -0.2) is 0 Å². The first-order valence-corrected chi connectivity index (χ1v) is 8.90. The van der Waals surface area contributed by atoms with Gasteiger partial charge in [-0.3, -0.25) is 19.4 Å². The molecule has 0 spiro atoms. The molecule has 0 aliphatic carbocycles. The number of anilines is 3. The van der Waals surface area contributed by atoms with Crippen LogP contribution in [0.5, 0.6) is 0 Å². The molecule has 0 bridgehead atoms. The summed E-state index contributed by atoms with van der Waals surface area (Å²) in [5.41, 5.74) is 2.29. The van der Waals surface area contributed by atoms with Crippen LogP contribution in [0.4, 0.5) is 17.1 Å². The Labute approximate surface area is 172 Å². The van der Waals surface area contributed by atoms with E-state index in [1.165, 1.54) is 25.4 Å². The van der Waals surface area contributed by atoms with Crippen molar-refractivity contribution in [3.63, 3.8) is 0 Å². The molecule has 0 unspecified atom stereocenters. The molecule has 3 amide bonds. The van der Waals surface area contributed by atoms with E-state index in [1.807, 2.05) is 6.07 Å². The van der Waals surface area contributed by atoms with Crippen molar-refractivity contribution < 1.29 is 14.4 Å². The summed E-state index contributed by atoms with van der Waals surface area (Å²) in [6.07, 6.45) is 2.69. The van der Waals surface area contributed by atoms with E-state index in [0.29, 0.717) is 22.6 Å². The maximum Gasteiger partial charge on any atom is 0.257 e. The second-order valence-corrected chi connectivity index (χ2v) is 6.33. The number of hydrogen-bond acceptors (Lipinski definition) is 5. The summed E-state index contributed by atoms with van der Waals surface area (Å²) in [6.45, 7) is 1.39. The van der Waals surface area contributed by atoms with Gasteiger partial charge in [0.1, 0.15) is 0 Å². The maximum absolute atomic E-state index is 12.6. The number of carbonyl (C=O) groups is 3. The Hall–Kier alpha value is -4.51. The maximum atomic E-state index is 12.6. The van der Waals surface area contributed by atoms with Gasteiger partial charge in [-0.1, -0.05) is 12.1 Å². The van der Waals surface area contributed by atoms with Crippen LogP contribution in [0.2, 0.25) is 0 Å². The fourth-order valence-corrected chi connectivity index (χ4v) is 2.64. The van der Waals surface area contributed by atoms with Crippen molar-refractivity contribution in [1.29, 1.82) is 5.26 Å². The van der Waals surface area contributed by atoms with Crippen LogP contribution in [0.25, 0.3) is 0 Å². The van der Waals surface area contributed by atoms with E-state index in [-0.39, 0.29) is 17.0 Å². The average molecular weight is 399 g/mol. The van der Waals surface area contributed by atoms with E-state index in [9.17, 15) is 14.4 Å². The minimum Gasteiger partial charge on any atom is -0.326 e. The minimum absolute atomic E-state index is 0.192. The molecule has 148 valence electrons. The van der Waals surface area contributed by atoms with Crippen molar-refractivity contribution in [3.05, 3.63) is 83.7 Å². The molecular formula is C22H17N5O3. The number of benzene rings is 2. The van der Waals surface area contributed by atoms with Crippen molar-refractivity contribution in [2.24, 2.45) is 0 Å². The second kappa shape index (κ2) is 9.12. The predicted octanol–water partition coefficient (Wildman–Crippen LogP) is 3.42. The van der Waals surface area contributed by atoms with Gasteiger partial charge in [0.05, 0.1) is 22.8 Å². The molecule has 1 heterocycles. The molecule has 2 aromatic carbocycles. The van der Waals surface area contributed by atoms with Crippen LogP contribution in [0.15, 0.2) is 67.0 Å². The molecule has 0 aliphatic heterocycles. The molecule has 0 saturated carbocycles. The number of pyridine rings is 1. The summed E-state index contributed by atoms with van der Waals surface area (Å²) in [7, 11) is 0. The zero-order chi connectivity index (χ0) is 21.5. The summed E-state index contributed by atoms with van der Waals surface area (Å²) in [5, 5.41) is 17.0. The summed E-state index contributed by atoms with van der Waals surface area (Å²) in [6, 6.07) is 16.6. The smallest absolute Gasteiger partial charge is 0.257 e. The first-order valence-electron chi connectivity index (χ1n) is 8.90. The number of nitrogens with one attached hydrogen (secondary N) is 3. The van der Waals surface area contributed by atoms with Crippen LogP contribution in [0, 0.1) is 11.3 Å². The highest BCUT2D eigenvalue weighted by molar-refractivity contribution is 6.08. The first kappa shape index (κ1) is 20.2. The lowest BCUT2D eigenvalue weighted by molar-refractivity contribution is -0.114. The first-order chi connectivity index (χ1) is 14.4. The zero-order valence-electron chi connectivity index (χ0n) is 16.0. The van der Waals surface area contributed by atoms with Gasteiger partial charge in [-0.15, -0.1) is 0 Å². The number of nitrogens with zero attached hydrogens (tertiary/aromatic N) is 2.